The summed E-state index contributed by atoms with van der Waals surface area (Å²) in [7, 11) is 0. The van der Waals surface area contributed by atoms with Crippen molar-refractivity contribution in [3.05, 3.63) is 40.1 Å². The monoisotopic (exact) mass is 285 g/mol. The SMILES string of the molecule is Cc1nc(=S)c(C)c(-c2cnccc2C(F)(F)F)[nH]1. The van der Waals surface area contributed by atoms with Crippen molar-refractivity contribution < 1.29 is 13.2 Å². The Balaban J connectivity index is 2.77. The first-order valence-corrected chi connectivity index (χ1v) is 5.80. The number of halogens is 3. The van der Waals surface area contributed by atoms with Gasteiger partial charge in [-0.1, -0.05) is 12.2 Å². The van der Waals surface area contributed by atoms with E-state index >= 15 is 0 Å². The molecule has 7 heteroatoms. The van der Waals surface area contributed by atoms with E-state index in [4.69, 9.17) is 12.2 Å². The zero-order valence-corrected chi connectivity index (χ0v) is 11.0. The Hall–Kier alpha value is -1.76. The zero-order chi connectivity index (χ0) is 14.2. The van der Waals surface area contributed by atoms with Crippen molar-refractivity contribution in [2.75, 3.05) is 0 Å². The molecule has 0 aromatic carbocycles. The van der Waals surface area contributed by atoms with Crippen molar-refractivity contribution in [1.82, 2.24) is 15.0 Å². The van der Waals surface area contributed by atoms with Gasteiger partial charge in [-0.15, -0.1) is 0 Å². The summed E-state index contributed by atoms with van der Waals surface area (Å²) in [5, 5.41) is 0. The number of nitrogens with one attached hydrogen (secondary N) is 1. The Morgan fingerprint density at radius 1 is 1.26 bits per heavy atom. The van der Waals surface area contributed by atoms with Crippen LogP contribution in [0.2, 0.25) is 0 Å². The van der Waals surface area contributed by atoms with Crippen molar-refractivity contribution in [3.8, 4) is 11.3 Å². The molecule has 1 N–H and O–H groups in total. The third-order valence-electron chi connectivity index (χ3n) is 2.67. The first-order valence-electron chi connectivity index (χ1n) is 5.40. The molecule has 0 unspecified atom stereocenters. The minimum absolute atomic E-state index is 0.0240. The molecule has 0 aliphatic heterocycles. The number of alkyl halides is 3. The summed E-state index contributed by atoms with van der Waals surface area (Å²) in [6.45, 7) is 3.27. The number of hydrogen-bond donors (Lipinski definition) is 1. The minimum atomic E-state index is -4.45. The van der Waals surface area contributed by atoms with Crippen LogP contribution in [0.25, 0.3) is 11.3 Å². The van der Waals surface area contributed by atoms with Crippen LogP contribution >= 0.6 is 12.2 Å². The van der Waals surface area contributed by atoms with Crippen LogP contribution in [0.1, 0.15) is 17.0 Å². The molecule has 0 spiro atoms. The standard InChI is InChI=1S/C12H10F3N3S/c1-6-10(17-7(2)18-11(6)19)8-5-16-4-3-9(8)12(13,14)15/h3-5H,1-2H3,(H,17,18,19). The van der Waals surface area contributed by atoms with Gasteiger partial charge < -0.3 is 4.98 Å². The molecule has 19 heavy (non-hydrogen) atoms. The molecule has 0 saturated carbocycles. The number of nitrogens with zero attached hydrogens (tertiary/aromatic N) is 2. The average molecular weight is 285 g/mol. The number of H-pyrrole nitrogens is 1. The largest absolute Gasteiger partial charge is 0.417 e. The van der Waals surface area contributed by atoms with E-state index in [0.717, 1.165) is 12.3 Å². The molecule has 2 rings (SSSR count). The van der Waals surface area contributed by atoms with Crippen LogP contribution in [0.4, 0.5) is 13.2 Å². The zero-order valence-electron chi connectivity index (χ0n) is 10.2. The molecule has 2 aromatic heterocycles. The van der Waals surface area contributed by atoms with Crippen molar-refractivity contribution in [2.24, 2.45) is 0 Å². The molecule has 0 fully saturated rings. The summed E-state index contributed by atoms with van der Waals surface area (Å²) >= 11 is 5.03. The smallest absolute Gasteiger partial charge is 0.343 e. The van der Waals surface area contributed by atoms with E-state index in [2.05, 4.69) is 15.0 Å². The highest BCUT2D eigenvalue weighted by molar-refractivity contribution is 7.71. The Labute approximate surface area is 112 Å². The van der Waals surface area contributed by atoms with Crippen molar-refractivity contribution in [1.29, 1.82) is 0 Å². The van der Waals surface area contributed by atoms with Gasteiger partial charge in [0.1, 0.15) is 10.5 Å². The van der Waals surface area contributed by atoms with Gasteiger partial charge in [-0.05, 0) is 19.9 Å². The number of aromatic nitrogens is 3. The topological polar surface area (TPSA) is 41.6 Å². The molecule has 0 amide bonds. The lowest BCUT2D eigenvalue weighted by molar-refractivity contribution is -0.137. The first-order chi connectivity index (χ1) is 8.80. The highest BCUT2D eigenvalue weighted by Crippen LogP contribution is 2.36. The molecular formula is C12H10F3N3S. The fourth-order valence-electron chi connectivity index (χ4n) is 1.76. The second-order valence-electron chi connectivity index (χ2n) is 4.05. The maximum Gasteiger partial charge on any atom is 0.417 e. The van der Waals surface area contributed by atoms with Gasteiger partial charge >= 0.3 is 6.18 Å². The second kappa shape index (κ2) is 4.73. The van der Waals surface area contributed by atoms with Crippen LogP contribution in [0, 0.1) is 18.5 Å². The molecule has 3 nitrogen and oxygen atoms in total. The number of pyridine rings is 1. The lowest BCUT2D eigenvalue weighted by atomic mass is 10.0. The third-order valence-corrected chi connectivity index (χ3v) is 3.06. The average Bonchev–Trinajstić information content (AvgIpc) is 2.33. The maximum atomic E-state index is 13.0. The van der Waals surface area contributed by atoms with Crippen molar-refractivity contribution in [3.63, 3.8) is 0 Å². The Bertz CT molecular complexity index is 677. The van der Waals surface area contributed by atoms with E-state index in [1.165, 1.54) is 6.20 Å². The quantitative estimate of drug-likeness (QED) is 0.809. The molecule has 0 saturated heterocycles. The molecule has 0 atom stereocenters. The van der Waals surface area contributed by atoms with Gasteiger partial charge in [-0.2, -0.15) is 13.2 Å². The van der Waals surface area contributed by atoms with Crippen molar-refractivity contribution >= 4 is 12.2 Å². The molecule has 0 bridgehead atoms. The Morgan fingerprint density at radius 3 is 2.58 bits per heavy atom. The normalized spacial score (nSPS) is 11.6. The van der Waals surface area contributed by atoms with Crippen LogP contribution in [-0.4, -0.2) is 15.0 Å². The molecule has 2 heterocycles. The summed E-state index contributed by atoms with van der Waals surface area (Å²) in [5.41, 5.74) is 0.0305. The lowest BCUT2D eigenvalue weighted by Crippen LogP contribution is -2.09. The number of rotatable bonds is 1. The number of hydrogen-bond acceptors (Lipinski definition) is 3. The van der Waals surface area contributed by atoms with Crippen molar-refractivity contribution in [2.45, 2.75) is 20.0 Å². The van der Waals surface area contributed by atoms with Crippen LogP contribution in [-0.2, 0) is 6.18 Å². The first kappa shape index (κ1) is 13.7. The van der Waals surface area contributed by atoms with Crippen LogP contribution in [0.5, 0.6) is 0 Å². The molecular weight excluding hydrogens is 275 g/mol. The molecule has 2 aromatic rings. The van der Waals surface area contributed by atoms with Gasteiger partial charge in [-0.25, -0.2) is 4.98 Å². The highest BCUT2D eigenvalue weighted by Gasteiger charge is 2.34. The van der Waals surface area contributed by atoms with E-state index < -0.39 is 11.7 Å². The van der Waals surface area contributed by atoms with Crippen LogP contribution in [0.15, 0.2) is 18.5 Å². The summed E-state index contributed by atoms with van der Waals surface area (Å²) in [6, 6.07) is 0.946. The van der Waals surface area contributed by atoms with E-state index in [1.54, 1.807) is 13.8 Å². The van der Waals surface area contributed by atoms with Gasteiger partial charge in [-0.3, -0.25) is 4.98 Å². The molecule has 0 aliphatic rings. The van der Waals surface area contributed by atoms with E-state index in [0.29, 0.717) is 17.1 Å². The summed E-state index contributed by atoms with van der Waals surface area (Å²) in [6.07, 6.45) is -2.16. The van der Waals surface area contributed by atoms with Gasteiger partial charge in [0.05, 0.1) is 11.3 Å². The molecule has 0 aliphatic carbocycles. The lowest BCUT2D eigenvalue weighted by Gasteiger charge is -2.14. The van der Waals surface area contributed by atoms with E-state index in [-0.39, 0.29) is 10.2 Å². The molecule has 100 valence electrons. The van der Waals surface area contributed by atoms with Crippen LogP contribution in [0.3, 0.4) is 0 Å². The molecule has 0 radical (unpaired) electrons. The summed E-state index contributed by atoms with van der Waals surface area (Å²) < 4.78 is 39.2. The Kier molecular flexibility index (Phi) is 3.40. The highest BCUT2D eigenvalue weighted by atomic mass is 32.1. The van der Waals surface area contributed by atoms with E-state index in [9.17, 15) is 13.2 Å². The van der Waals surface area contributed by atoms with Crippen LogP contribution < -0.4 is 0 Å². The van der Waals surface area contributed by atoms with Gasteiger partial charge in [0, 0.05) is 23.5 Å². The fourth-order valence-corrected chi connectivity index (χ4v) is 1.99. The van der Waals surface area contributed by atoms with Gasteiger partial charge in [0.2, 0.25) is 0 Å². The maximum absolute atomic E-state index is 13.0. The Morgan fingerprint density at radius 2 is 1.95 bits per heavy atom. The summed E-state index contributed by atoms with van der Waals surface area (Å²) in [4.78, 5) is 10.6. The predicted molar refractivity (Wildman–Crippen MR) is 67.1 cm³/mol. The minimum Gasteiger partial charge on any atom is -0.343 e. The number of aryl methyl sites for hydroxylation is 1. The van der Waals surface area contributed by atoms with Gasteiger partial charge in [0.15, 0.2) is 0 Å². The third kappa shape index (κ3) is 2.65. The predicted octanol–water partition coefficient (Wildman–Crippen LogP) is 3.84. The summed E-state index contributed by atoms with van der Waals surface area (Å²) in [5.74, 6) is 0.461. The van der Waals surface area contributed by atoms with E-state index in [1.807, 2.05) is 0 Å². The van der Waals surface area contributed by atoms with Gasteiger partial charge in [0.25, 0.3) is 0 Å². The number of aromatic amines is 1. The second-order valence-corrected chi connectivity index (χ2v) is 4.43. The fraction of sp³-hybridized carbons (Fsp3) is 0.250.